The van der Waals surface area contributed by atoms with Crippen LogP contribution in [0.15, 0.2) is 32.0 Å². The fourth-order valence-corrected chi connectivity index (χ4v) is 3.81. The zero-order valence-electron chi connectivity index (χ0n) is 9.12. The highest BCUT2D eigenvalue weighted by Gasteiger charge is 2.17. The van der Waals surface area contributed by atoms with Gasteiger partial charge in [0.15, 0.2) is 0 Å². The van der Waals surface area contributed by atoms with Gasteiger partial charge in [0, 0.05) is 15.5 Å². The van der Waals surface area contributed by atoms with Gasteiger partial charge in [-0.2, -0.15) is 0 Å². The molecule has 0 unspecified atom stereocenters. The van der Waals surface area contributed by atoms with Crippen molar-refractivity contribution >= 4 is 41.9 Å². The summed E-state index contributed by atoms with van der Waals surface area (Å²) in [5.41, 5.74) is 5.34. The molecule has 0 spiro atoms. The van der Waals surface area contributed by atoms with Crippen LogP contribution in [-0.2, 0) is 10.0 Å². The maximum atomic E-state index is 12.0. The number of sulfonamides is 1. The molecule has 0 saturated heterocycles. The van der Waals surface area contributed by atoms with E-state index in [2.05, 4.69) is 36.6 Å². The molecule has 0 radical (unpaired) electrons. The van der Waals surface area contributed by atoms with Crippen LogP contribution in [0.25, 0.3) is 0 Å². The third kappa shape index (κ3) is 4.67. The van der Waals surface area contributed by atoms with Crippen LogP contribution in [0.1, 0.15) is 12.8 Å². The van der Waals surface area contributed by atoms with Crippen molar-refractivity contribution in [1.82, 2.24) is 4.72 Å². The highest BCUT2D eigenvalue weighted by atomic mass is 79.9. The van der Waals surface area contributed by atoms with E-state index in [1.807, 2.05) is 0 Å². The SMILES string of the molecule is NCCCCNS(=O)(=O)c1cc(Br)ccc1Br. The molecule has 0 amide bonds. The summed E-state index contributed by atoms with van der Waals surface area (Å²) in [4.78, 5) is 0.236. The van der Waals surface area contributed by atoms with Gasteiger partial charge in [-0.05, 0) is 53.5 Å². The Hall–Kier alpha value is 0.0500. The number of hydrogen-bond donors (Lipinski definition) is 2. The highest BCUT2D eigenvalue weighted by Crippen LogP contribution is 2.25. The number of halogens is 2. The lowest BCUT2D eigenvalue weighted by Crippen LogP contribution is -2.25. The van der Waals surface area contributed by atoms with Crippen molar-refractivity contribution in [2.45, 2.75) is 17.7 Å². The lowest BCUT2D eigenvalue weighted by molar-refractivity contribution is 0.576. The summed E-state index contributed by atoms with van der Waals surface area (Å²) in [5, 5.41) is 0. The third-order valence-electron chi connectivity index (χ3n) is 2.11. The van der Waals surface area contributed by atoms with Gasteiger partial charge in [-0.15, -0.1) is 0 Å². The van der Waals surface area contributed by atoms with E-state index in [1.165, 1.54) is 0 Å². The Morgan fingerprint density at radius 1 is 1.24 bits per heavy atom. The molecular formula is C10H14Br2N2O2S. The summed E-state index contributed by atoms with van der Waals surface area (Å²) in [6, 6.07) is 5.03. The van der Waals surface area contributed by atoms with E-state index < -0.39 is 10.0 Å². The van der Waals surface area contributed by atoms with Crippen molar-refractivity contribution in [2.24, 2.45) is 5.73 Å². The number of hydrogen-bond acceptors (Lipinski definition) is 3. The van der Waals surface area contributed by atoms with Crippen molar-refractivity contribution in [1.29, 1.82) is 0 Å². The minimum atomic E-state index is -3.46. The first-order chi connectivity index (χ1) is 7.97. The first kappa shape index (κ1) is 15.1. The normalized spacial score (nSPS) is 11.7. The molecule has 1 rings (SSSR count). The third-order valence-corrected chi connectivity index (χ3v) is 5.05. The lowest BCUT2D eigenvalue weighted by atomic mass is 10.3. The molecule has 0 heterocycles. The van der Waals surface area contributed by atoms with Gasteiger partial charge in [0.2, 0.25) is 10.0 Å². The number of benzene rings is 1. The second kappa shape index (κ2) is 6.84. The van der Waals surface area contributed by atoms with Gasteiger partial charge in [-0.25, -0.2) is 13.1 Å². The average Bonchev–Trinajstić information content (AvgIpc) is 2.28. The maximum Gasteiger partial charge on any atom is 0.241 e. The zero-order chi connectivity index (χ0) is 12.9. The van der Waals surface area contributed by atoms with Crippen LogP contribution in [0, 0.1) is 0 Å². The van der Waals surface area contributed by atoms with Gasteiger partial charge in [-0.1, -0.05) is 15.9 Å². The van der Waals surface area contributed by atoms with Crippen LogP contribution in [-0.4, -0.2) is 21.5 Å². The largest absolute Gasteiger partial charge is 0.330 e. The molecule has 4 nitrogen and oxygen atoms in total. The van der Waals surface area contributed by atoms with Gasteiger partial charge in [0.25, 0.3) is 0 Å². The Morgan fingerprint density at radius 2 is 1.94 bits per heavy atom. The molecule has 0 aliphatic heterocycles. The minimum absolute atomic E-state index is 0.236. The summed E-state index contributed by atoms with van der Waals surface area (Å²) in [5.74, 6) is 0. The molecule has 0 aliphatic rings. The van der Waals surface area contributed by atoms with Crippen LogP contribution < -0.4 is 10.5 Å². The van der Waals surface area contributed by atoms with E-state index in [9.17, 15) is 8.42 Å². The predicted molar refractivity (Wildman–Crippen MR) is 75.3 cm³/mol. The van der Waals surface area contributed by atoms with Crippen molar-refractivity contribution < 1.29 is 8.42 Å². The molecule has 0 aromatic heterocycles. The molecule has 7 heteroatoms. The Balaban J connectivity index is 2.79. The summed E-state index contributed by atoms with van der Waals surface area (Å²) in [6.45, 7) is 0.973. The number of rotatable bonds is 6. The molecule has 96 valence electrons. The van der Waals surface area contributed by atoms with E-state index in [4.69, 9.17) is 5.73 Å². The fraction of sp³-hybridized carbons (Fsp3) is 0.400. The molecule has 0 fully saturated rings. The van der Waals surface area contributed by atoms with Gasteiger partial charge in [-0.3, -0.25) is 0 Å². The van der Waals surface area contributed by atoms with E-state index in [1.54, 1.807) is 18.2 Å². The summed E-state index contributed by atoms with van der Waals surface area (Å²) < 4.78 is 27.8. The molecule has 0 bridgehead atoms. The maximum absolute atomic E-state index is 12.0. The Labute approximate surface area is 118 Å². The minimum Gasteiger partial charge on any atom is -0.330 e. The molecule has 17 heavy (non-hydrogen) atoms. The second-order valence-corrected chi connectivity index (χ2v) is 6.97. The first-order valence-electron chi connectivity index (χ1n) is 5.12. The number of unbranched alkanes of at least 4 members (excludes halogenated alkanes) is 1. The number of nitrogens with one attached hydrogen (secondary N) is 1. The van der Waals surface area contributed by atoms with Crippen LogP contribution in [0.2, 0.25) is 0 Å². The monoisotopic (exact) mass is 384 g/mol. The second-order valence-electron chi connectivity index (χ2n) is 3.47. The Bertz CT molecular complexity index is 477. The van der Waals surface area contributed by atoms with Gasteiger partial charge >= 0.3 is 0 Å². The molecule has 0 saturated carbocycles. The van der Waals surface area contributed by atoms with Crippen molar-refractivity contribution in [3.05, 3.63) is 27.1 Å². The Morgan fingerprint density at radius 3 is 2.59 bits per heavy atom. The zero-order valence-corrected chi connectivity index (χ0v) is 13.1. The topological polar surface area (TPSA) is 72.2 Å². The van der Waals surface area contributed by atoms with E-state index in [0.29, 0.717) is 17.6 Å². The summed E-state index contributed by atoms with van der Waals surface area (Å²) in [6.07, 6.45) is 1.55. The van der Waals surface area contributed by atoms with E-state index >= 15 is 0 Å². The Kier molecular flexibility index (Phi) is 6.08. The van der Waals surface area contributed by atoms with Crippen LogP contribution in [0.3, 0.4) is 0 Å². The van der Waals surface area contributed by atoms with Gasteiger partial charge < -0.3 is 5.73 Å². The quantitative estimate of drug-likeness (QED) is 0.737. The van der Waals surface area contributed by atoms with Gasteiger partial charge in [0.05, 0.1) is 4.90 Å². The molecule has 3 N–H and O–H groups in total. The van der Waals surface area contributed by atoms with Crippen molar-refractivity contribution in [2.75, 3.05) is 13.1 Å². The molecule has 1 aromatic carbocycles. The van der Waals surface area contributed by atoms with Crippen LogP contribution in [0.4, 0.5) is 0 Å². The molecular weight excluding hydrogens is 372 g/mol. The van der Waals surface area contributed by atoms with Crippen LogP contribution in [0.5, 0.6) is 0 Å². The predicted octanol–water partition coefficient (Wildman–Crippen LogP) is 2.23. The van der Waals surface area contributed by atoms with E-state index in [-0.39, 0.29) is 4.90 Å². The fourth-order valence-electron chi connectivity index (χ4n) is 1.24. The standard InChI is InChI=1S/C10H14Br2N2O2S/c11-8-3-4-9(12)10(7-8)17(15,16)14-6-2-1-5-13/h3-4,7,14H,1-2,5-6,13H2. The molecule has 0 atom stereocenters. The van der Waals surface area contributed by atoms with Crippen LogP contribution >= 0.6 is 31.9 Å². The molecule has 0 aliphatic carbocycles. The summed E-state index contributed by atoms with van der Waals surface area (Å²) >= 11 is 6.48. The average molecular weight is 386 g/mol. The molecule has 1 aromatic rings. The van der Waals surface area contributed by atoms with E-state index in [0.717, 1.165) is 17.3 Å². The lowest BCUT2D eigenvalue weighted by Gasteiger charge is -2.08. The smallest absolute Gasteiger partial charge is 0.241 e. The van der Waals surface area contributed by atoms with Crippen molar-refractivity contribution in [3.63, 3.8) is 0 Å². The highest BCUT2D eigenvalue weighted by molar-refractivity contribution is 9.11. The number of nitrogens with two attached hydrogens (primary N) is 1. The summed E-state index contributed by atoms with van der Waals surface area (Å²) in [7, 11) is -3.46. The first-order valence-corrected chi connectivity index (χ1v) is 8.19. The van der Waals surface area contributed by atoms with Gasteiger partial charge in [0.1, 0.15) is 0 Å². The van der Waals surface area contributed by atoms with Crippen molar-refractivity contribution in [3.8, 4) is 0 Å².